The molecule has 1 aliphatic carbocycles. The molecule has 0 aromatic heterocycles. The van der Waals surface area contributed by atoms with E-state index in [1.54, 1.807) is 0 Å². The Morgan fingerprint density at radius 1 is 1.12 bits per heavy atom. The van der Waals surface area contributed by atoms with Gasteiger partial charge in [-0.15, -0.1) is 0 Å². The third-order valence-corrected chi connectivity index (χ3v) is 6.32. The van der Waals surface area contributed by atoms with Crippen LogP contribution in [0.15, 0.2) is 28.7 Å². The van der Waals surface area contributed by atoms with Gasteiger partial charge in [-0.2, -0.15) is 0 Å². The van der Waals surface area contributed by atoms with E-state index < -0.39 is 0 Å². The lowest BCUT2D eigenvalue weighted by atomic mass is 9.97. The van der Waals surface area contributed by atoms with E-state index in [4.69, 9.17) is 4.74 Å². The van der Waals surface area contributed by atoms with E-state index >= 15 is 0 Å². The highest BCUT2D eigenvalue weighted by Gasteiger charge is 2.40. The van der Waals surface area contributed by atoms with Crippen molar-refractivity contribution in [1.82, 2.24) is 9.80 Å². The molecule has 0 radical (unpaired) electrons. The summed E-state index contributed by atoms with van der Waals surface area (Å²) < 4.78 is 6.89. The smallest absolute Gasteiger partial charge is 0.253 e. The van der Waals surface area contributed by atoms with Crippen molar-refractivity contribution in [1.29, 1.82) is 0 Å². The number of methoxy groups -OCH3 is 1. The molecule has 0 spiro atoms. The molecule has 25 heavy (non-hydrogen) atoms. The van der Waals surface area contributed by atoms with E-state index in [1.165, 1.54) is 19.3 Å². The number of benzene rings is 1. The van der Waals surface area contributed by atoms with Crippen LogP contribution in [0.3, 0.4) is 0 Å². The minimum atomic E-state index is 0.110. The van der Waals surface area contributed by atoms with Crippen molar-refractivity contribution in [3.8, 4) is 0 Å². The van der Waals surface area contributed by atoms with Crippen molar-refractivity contribution in [2.45, 2.75) is 56.7 Å². The highest BCUT2D eigenvalue weighted by atomic mass is 79.9. The molecule has 1 aromatic carbocycles. The van der Waals surface area contributed by atoms with Gasteiger partial charge in [0, 0.05) is 30.2 Å². The third-order valence-electron chi connectivity index (χ3n) is 5.79. The number of hydrogen-bond donors (Lipinski definition) is 0. The summed E-state index contributed by atoms with van der Waals surface area (Å²) in [5.41, 5.74) is 0.754. The highest BCUT2D eigenvalue weighted by molar-refractivity contribution is 9.10. The van der Waals surface area contributed by atoms with Crippen LogP contribution in [0.4, 0.5) is 0 Å². The Bertz CT molecular complexity index is 572. The number of carbonyl (C=O) groups excluding carboxylic acids is 1. The first-order valence-electron chi connectivity index (χ1n) is 9.41. The lowest BCUT2D eigenvalue weighted by Gasteiger charge is -2.41. The van der Waals surface area contributed by atoms with Crippen molar-refractivity contribution in [3.05, 3.63) is 34.3 Å². The molecule has 1 aliphatic heterocycles. The number of nitrogens with zero attached hydrogens (tertiary/aromatic N) is 2. The van der Waals surface area contributed by atoms with Crippen molar-refractivity contribution in [3.63, 3.8) is 0 Å². The van der Waals surface area contributed by atoms with Gasteiger partial charge in [-0.05, 0) is 63.0 Å². The molecule has 1 saturated carbocycles. The Kier molecular flexibility index (Phi) is 6.53. The first-order valence-corrected chi connectivity index (χ1v) is 10.2. The summed E-state index contributed by atoms with van der Waals surface area (Å²) >= 11 is 3.44. The van der Waals surface area contributed by atoms with E-state index in [0.29, 0.717) is 6.04 Å². The first kappa shape index (κ1) is 18.9. The monoisotopic (exact) mass is 408 g/mol. The van der Waals surface area contributed by atoms with Gasteiger partial charge in [0.2, 0.25) is 0 Å². The molecule has 0 N–H and O–H groups in total. The van der Waals surface area contributed by atoms with Crippen LogP contribution in [0.2, 0.25) is 0 Å². The molecule has 2 aliphatic rings. The normalized spacial score (nSPS) is 27.9. The van der Waals surface area contributed by atoms with Crippen LogP contribution < -0.4 is 0 Å². The Balaban J connectivity index is 1.84. The lowest BCUT2D eigenvalue weighted by molar-refractivity contribution is -0.0124. The standard InChI is InChI=1S/C20H29BrN2O2/c1-22(20(24)15-9-11-16(21)12-10-15)17-7-3-4-8-18(25-2)19(17)23-13-5-6-14-23/h9-12,17-19H,3-8,13-14H2,1-2H3. The molecule has 3 unspecified atom stereocenters. The second-order valence-corrected chi connectivity index (χ2v) is 8.20. The summed E-state index contributed by atoms with van der Waals surface area (Å²) in [6.45, 7) is 2.25. The molecule has 1 amide bonds. The summed E-state index contributed by atoms with van der Waals surface area (Å²) in [7, 11) is 3.79. The molecular formula is C20H29BrN2O2. The average molecular weight is 409 g/mol. The van der Waals surface area contributed by atoms with Crippen LogP contribution >= 0.6 is 15.9 Å². The van der Waals surface area contributed by atoms with Gasteiger partial charge in [0.25, 0.3) is 5.91 Å². The molecule has 5 heteroatoms. The second-order valence-electron chi connectivity index (χ2n) is 7.28. The first-order chi connectivity index (χ1) is 12.1. The Hall–Kier alpha value is -0.910. The zero-order chi connectivity index (χ0) is 17.8. The van der Waals surface area contributed by atoms with Gasteiger partial charge in [-0.25, -0.2) is 0 Å². The average Bonchev–Trinajstić information content (AvgIpc) is 3.07. The maximum Gasteiger partial charge on any atom is 0.253 e. The van der Waals surface area contributed by atoms with Crippen LogP contribution in [0, 0.1) is 0 Å². The summed E-state index contributed by atoms with van der Waals surface area (Å²) in [6, 6.07) is 8.19. The number of rotatable bonds is 4. The van der Waals surface area contributed by atoms with Gasteiger partial charge in [0.15, 0.2) is 0 Å². The zero-order valence-corrected chi connectivity index (χ0v) is 16.9. The number of halogens is 1. The number of amides is 1. The van der Waals surface area contributed by atoms with Gasteiger partial charge in [-0.1, -0.05) is 28.8 Å². The van der Waals surface area contributed by atoms with Crippen LogP contribution in [0.5, 0.6) is 0 Å². The fourth-order valence-corrected chi connectivity index (χ4v) is 4.70. The molecule has 3 rings (SSSR count). The van der Waals surface area contributed by atoms with Gasteiger partial charge in [-0.3, -0.25) is 9.69 Å². The topological polar surface area (TPSA) is 32.8 Å². The summed E-state index contributed by atoms with van der Waals surface area (Å²) in [5.74, 6) is 0.110. The number of hydrogen-bond acceptors (Lipinski definition) is 3. The second kappa shape index (κ2) is 8.65. The molecule has 2 fully saturated rings. The largest absolute Gasteiger partial charge is 0.380 e. The molecule has 1 saturated heterocycles. The maximum absolute atomic E-state index is 13.1. The highest BCUT2D eigenvalue weighted by Crippen LogP contribution is 2.30. The Morgan fingerprint density at radius 2 is 1.76 bits per heavy atom. The quantitative estimate of drug-likeness (QED) is 0.707. The van der Waals surface area contributed by atoms with Crippen molar-refractivity contribution in [2.75, 3.05) is 27.2 Å². The number of likely N-dealkylation sites (N-methyl/N-ethyl adjacent to an activating group) is 1. The lowest BCUT2D eigenvalue weighted by Crippen LogP contribution is -2.56. The van der Waals surface area contributed by atoms with Crippen LogP contribution in [0.25, 0.3) is 0 Å². The zero-order valence-electron chi connectivity index (χ0n) is 15.3. The van der Waals surface area contributed by atoms with E-state index in [1.807, 2.05) is 43.3 Å². The van der Waals surface area contributed by atoms with Crippen molar-refractivity contribution < 1.29 is 9.53 Å². The van der Waals surface area contributed by atoms with E-state index in [-0.39, 0.29) is 18.1 Å². The predicted octanol–water partition coefficient (Wildman–Crippen LogP) is 3.94. The number of carbonyl (C=O) groups is 1. The summed E-state index contributed by atoms with van der Waals surface area (Å²) in [4.78, 5) is 17.6. The van der Waals surface area contributed by atoms with E-state index in [2.05, 4.69) is 20.8 Å². The van der Waals surface area contributed by atoms with E-state index in [0.717, 1.165) is 42.4 Å². The van der Waals surface area contributed by atoms with Crippen LogP contribution in [-0.4, -0.2) is 61.1 Å². The molecule has 138 valence electrons. The van der Waals surface area contributed by atoms with Crippen molar-refractivity contribution in [2.24, 2.45) is 0 Å². The van der Waals surface area contributed by atoms with Crippen LogP contribution in [0.1, 0.15) is 48.9 Å². The number of ether oxygens (including phenoxy) is 1. The van der Waals surface area contributed by atoms with Crippen molar-refractivity contribution >= 4 is 21.8 Å². The Morgan fingerprint density at radius 3 is 2.40 bits per heavy atom. The van der Waals surface area contributed by atoms with E-state index in [9.17, 15) is 4.79 Å². The van der Waals surface area contributed by atoms with Gasteiger partial charge in [0.05, 0.1) is 12.1 Å². The van der Waals surface area contributed by atoms with Gasteiger partial charge in [0.1, 0.15) is 0 Å². The summed E-state index contributed by atoms with van der Waals surface area (Å²) in [5, 5.41) is 0. The molecule has 1 aromatic rings. The SMILES string of the molecule is COC1CCCCC(N(C)C(=O)c2ccc(Br)cc2)C1N1CCCC1. The molecule has 1 heterocycles. The van der Waals surface area contributed by atoms with Crippen LogP contribution in [-0.2, 0) is 4.74 Å². The number of likely N-dealkylation sites (tertiary alicyclic amines) is 1. The molecule has 0 bridgehead atoms. The summed E-state index contributed by atoms with van der Waals surface area (Å²) in [6.07, 6.45) is 7.21. The fourth-order valence-electron chi connectivity index (χ4n) is 4.43. The third kappa shape index (κ3) is 4.26. The molecular weight excluding hydrogens is 380 g/mol. The fraction of sp³-hybridized carbons (Fsp3) is 0.650. The molecule has 4 nitrogen and oxygen atoms in total. The maximum atomic E-state index is 13.1. The van der Waals surface area contributed by atoms with Gasteiger partial charge >= 0.3 is 0 Å². The van der Waals surface area contributed by atoms with Gasteiger partial charge < -0.3 is 9.64 Å². The minimum absolute atomic E-state index is 0.110. The predicted molar refractivity (Wildman–Crippen MR) is 104 cm³/mol. The minimum Gasteiger partial charge on any atom is -0.380 e. The molecule has 3 atom stereocenters. The Labute approximate surface area is 159 Å².